The van der Waals surface area contributed by atoms with Crippen LogP contribution in [0.4, 0.5) is 0 Å². The molecule has 1 fully saturated rings. The molecule has 1 aliphatic carbocycles. The van der Waals surface area contributed by atoms with E-state index in [9.17, 15) is 0 Å². The Morgan fingerprint density at radius 3 is 2.73 bits per heavy atom. The minimum atomic E-state index is 0.421. The third-order valence-corrected chi connectivity index (χ3v) is 2.37. The highest BCUT2D eigenvalue weighted by Crippen LogP contribution is 2.31. The average molecular weight is 155 g/mol. The van der Waals surface area contributed by atoms with Crippen molar-refractivity contribution in [2.45, 2.75) is 33.1 Å². The van der Waals surface area contributed by atoms with Crippen LogP contribution in [0.2, 0.25) is 0 Å². The van der Waals surface area contributed by atoms with E-state index in [1.165, 1.54) is 6.42 Å². The minimum Gasteiger partial charge on any atom is -0.481 e. The zero-order chi connectivity index (χ0) is 8.27. The Bertz CT molecular complexity index is 144. The molecule has 2 atom stereocenters. The molecule has 1 aliphatic rings. The first-order valence-corrected chi connectivity index (χ1v) is 4.45. The highest BCUT2D eigenvalue weighted by molar-refractivity contribution is 5.75. The Balaban J connectivity index is 2.31. The van der Waals surface area contributed by atoms with E-state index in [1.54, 1.807) is 0 Å². The third kappa shape index (κ3) is 2.21. The van der Waals surface area contributed by atoms with E-state index in [1.807, 2.05) is 6.92 Å². The molecule has 0 aliphatic heterocycles. The Hall–Kier alpha value is -0.530. The molecule has 0 amide bonds. The van der Waals surface area contributed by atoms with E-state index in [4.69, 9.17) is 10.1 Å². The summed E-state index contributed by atoms with van der Waals surface area (Å²) in [6.45, 7) is 4.83. The van der Waals surface area contributed by atoms with Gasteiger partial charge in [-0.2, -0.15) is 0 Å². The quantitative estimate of drug-likeness (QED) is 0.482. The van der Waals surface area contributed by atoms with Crippen molar-refractivity contribution in [2.24, 2.45) is 11.8 Å². The fourth-order valence-corrected chi connectivity index (χ4v) is 1.72. The van der Waals surface area contributed by atoms with Crippen molar-refractivity contribution in [1.29, 1.82) is 5.41 Å². The van der Waals surface area contributed by atoms with Crippen LogP contribution in [-0.2, 0) is 4.74 Å². The van der Waals surface area contributed by atoms with E-state index < -0.39 is 0 Å². The molecule has 2 nitrogen and oxygen atoms in total. The SMILES string of the molecule is CCOC(=N)C1CCC(C)C1. The number of hydrogen-bond donors (Lipinski definition) is 1. The molecule has 1 saturated carbocycles. The van der Waals surface area contributed by atoms with Crippen molar-refractivity contribution in [3.63, 3.8) is 0 Å². The van der Waals surface area contributed by atoms with Gasteiger partial charge in [0, 0.05) is 5.92 Å². The first-order chi connectivity index (χ1) is 5.24. The van der Waals surface area contributed by atoms with Gasteiger partial charge >= 0.3 is 0 Å². The molecule has 0 aromatic carbocycles. The fourth-order valence-electron chi connectivity index (χ4n) is 1.72. The highest BCUT2D eigenvalue weighted by atomic mass is 16.5. The van der Waals surface area contributed by atoms with Crippen LogP contribution in [0.1, 0.15) is 33.1 Å². The van der Waals surface area contributed by atoms with Gasteiger partial charge in [-0.15, -0.1) is 0 Å². The molecule has 2 unspecified atom stereocenters. The molecular weight excluding hydrogens is 138 g/mol. The second-order valence-electron chi connectivity index (χ2n) is 3.41. The topological polar surface area (TPSA) is 33.1 Å². The lowest BCUT2D eigenvalue weighted by Gasteiger charge is -2.10. The van der Waals surface area contributed by atoms with Crippen LogP contribution in [0.25, 0.3) is 0 Å². The Labute approximate surface area is 68.5 Å². The smallest absolute Gasteiger partial charge is 0.183 e. The Kier molecular flexibility index (Phi) is 2.92. The molecule has 0 saturated heterocycles. The van der Waals surface area contributed by atoms with Gasteiger partial charge in [-0.25, -0.2) is 0 Å². The maximum Gasteiger partial charge on any atom is 0.183 e. The molecule has 2 heteroatoms. The van der Waals surface area contributed by atoms with Gasteiger partial charge in [0.2, 0.25) is 0 Å². The van der Waals surface area contributed by atoms with Gasteiger partial charge in [0.15, 0.2) is 5.90 Å². The van der Waals surface area contributed by atoms with E-state index in [0.29, 0.717) is 18.4 Å². The van der Waals surface area contributed by atoms with Crippen molar-refractivity contribution in [1.82, 2.24) is 0 Å². The third-order valence-electron chi connectivity index (χ3n) is 2.37. The van der Waals surface area contributed by atoms with E-state index >= 15 is 0 Å². The summed E-state index contributed by atoms with van der Waals surface area (Å²) in [4.78, 5) is 0. The van der Waals surface area contributed by atoms with Gasteiger partial charge in [-0.3, -0.25) is 5.41 Å². The van der Waals surface area contributed by atoms with Crippen molar-refractivity contribution < 1.29 is 4.74 Å². The number of hydrogen-bond acceptors (Lipinski definition) is 2. The summed E-state index contributed by atoms with van der Waals surface area (Å²) < 4.78 is 5.16. The first kappa shape index (κ1) is 8.57. The predicted molar refractivity (Wildman–Crippen MR) is 45.9 cm³/mol. The second kappa shape index (κ2) is 3.74. The number of ether oxygens (including phenoxy) is 1. The fraction of sp³-hybridized carbons (Fsp3) is 0.889. The first-order valence-electron chi connectivity index (χ1n) is 4.45. The Morgan fingerprint density at radius 2 is 2.27 bits per heavy atom. The molecule has 64 valence electrons. The normalized spacial score (nSPS) is 30.4. The van der Waals surface area contributed by atoms with Gasteiger partial charge < -0.3 is 4.74 Å². The van der Waals surface area contributed by atoms with Crippen molar-refractivity contribution in [2.75, 3.05) is 6.61 Å². The van der Waals surface area contributed by atoms with Crippen LogP contribution < -0.4 is 0 Å². The summed E-state index contributed by atoms with van der Waals surface area (Å²) in [6.07, 6.45) is 3.57. The second-order valence-corrected chi connectivity index (χ2v) is 3.41. The van der Waals surface area contributed by atoms with Gasteiger partial charge in [0.05, 0.1) is 6.61 Å². The molecule has 0 aromatic rings. The average Bonchev–Trinajstić information content (AvgIpc) is 2.36. The molecule has 0 spiro atoms. The standard InChI is InChI=1S/C9H17NO/c1-3-11-9(10)8-5-4-7(2)6-8/h7-8,10H,3-6H2,1-2H3. The van der Waals surface area contributed by atoms with Crippen LogP contribution >= 0.6 is 0 Å². The molecule has 0 bridgehead atoms. The summed E-state index contributed by atoms with van der Waals surface area (Å²) in [5, 5.41) is 7.55. The predicted octanol–water partition coefficient (Wildman–Crippen LogP) is 2.44. The molecule has 0 heterocycles. The zero-order valence-electron chi connectivity index (χ0n) is 7.39. The largest absolute Gasteiger partial charge is 0.481 e. The lowest BCUT2D eigenvalue weighted by atomic mass is 10.1. The van der Waals surface area contributed by atoms with Crippen molar-refractivity contribution >= 4 is 5.90 Å². The molecular formula is C9H17NO. The summed E-state index contributed by atoms with van der Waals surface area (Å²) in [6, 6.07) is 0. The van der Waals surface area contributed by atoms with E-state index in [-0.39, 0.29) is 0 Å². The van der Waals surface area contributed by atoms with Crippen LogP contribution in [0.15, 0.2) is 0 Å². The molecule has 0 radical (unpaired) electrons. The zero-order valence-corrected chi connectivity index (χ0v) is 7.39. The number of nitrogens with one attached hydrogen (secondary N) is 1. The molecule has 0 aromatic heterocycles. The summed E-state index contributed by atoms with van der Waals surface area (Å²) in [5.41, 5.74) is 0. The van der Waals surface area contributed by atoms with E-state index in [2.05, 4.69) is 6.92 Å². The number of rotatable bonds is 2. The van der Waals surface area contributed by atoms with Gasteiger partial charge in [0.1, 0.15) is 0 Å². The van der Waals surface area contributed by atoms with Crippen LogP contribution in [0.5, 0.6) is 0 Å². The van der Waals surface area contributed by atoms with Crippen LogP contribution in [0, 0.1) is 17.2 Å². The van der Waals surface area contributed by atoms with Crippen LogP contribution in [0.3, 0.4) is 0 Å². The highest BCUT2D eigenvalue weighted by Gasteiger charge is 2.25. The van der Waals surface area contributed by atoms with Crippen molar-refractivity contribution in [3.8, 4) is 0 Å². The van der Waals surface area contributed by atoms with E-state index in [0.717, 1.165) is 18.8 Å². The lowest BCUT2D eigenvalue weighted by Crippen LogP contribution is -2.13. The summed E-state index contributed by atoms with van der Waals surface area (Å²) in [7, 11) is 0. The molecule has 1 rings (SSSR count). The lowest BCUT2D eigenvalue weighted by molar-refractivity contribution is 0.295. The summed E-state index contributed by atoms with van der Waals surface area (Å²) in [5.74, 6) is 1.72. The maximum absolute atomic E-state index is 7.55. The molecule has 1 N–H and O–H groups in total. The van der Waals surface area contributed by atoms with Crippen molar-refractivity contribution in [3.05, 3.63) is 0 Å². The maximum atomic E-state index is 7.55. The van der Waals surface area contributed by atoms with Crippen LogP contribution in [-0.4, -0.2) is 12.5 Å². The minimum absolute atomic E-state index is 0.421. The van der Waals surface area contributed by atoms with Gasteiger partial charge in [-0.05, 0) is 32.1 Å². The summed E-state index contributed by atoms with van der Waals surface area (Å²) >= 11 is 0. The van der Waals surface area contributed by atoms with Gasteiger partial charge in [-0.1, -0.05) is 6.92 Å². The molecule has 11 heavy (non-hydrogen) atoms. The van der Waals surface area contributed by atoms with Gasteiger partial charge in [0.25, 0.3) is 0 Å². The monoisotopic (exact) mass is 155 g/mol. The Morgan fingerprint density at radius 1 is 1.55 bits per heavy atom.